The summed E-state index contributed by atoms with van der Waals surface area (Å²) in [6.07, 6.45) is -0.614. The van der Waals surface area contributed by atoms with Crippen LogP contribution >= 0.6 is 0 Å². The van der Waals surface area contributed by atoms with Gasteiger partial charge in [-0.15, -0.1) is 0 Å². The third kappa shape index (κ3) is 4.64. The second-order valence-corrected chi connectivity index (χ2v) is 7.73. The molecule has 6 heteroatoms. The fourth-order valence-corrected chi connectivity index (χ4v) is 3.26. The van der Waals surface area contributed by atoms with E-state index in [0.29, 0.717) is 6.54 Å². The van der Waals surface area contributed by atoms with Gasteiger partial charge in [-0.25, -0.2) is 13.1 Å². The summed E-state index contributed by atoms with van der Waals surface area (Å²) >= 11 is 0. The molecule has 2 aromatic carbocycles. The van der Waals surface area contributed by atoms with Crippen molar-refractivity contribution in [3.63, 3.8) is 0 Å². The summed E-state index contributed by atoms with van der Waals surface area (Å²) < 4.78 is 26.1. The highest BCUT2D eigenvalue weighted by Gasteiger charge is 2.15. The van der Waals surface area contributed by atoms with E-state index in [1.807, 2.05) is 44.2 Å². The molecule has 3 N–H and O–H groups in total. The van der Waals surface area contributed by atoms with Gasteiger partial charge >= 0.3 is 0 Å². The molecule has 0 aromatic heterocycles. The highest BCUT2D eigenvalue weighted by Crippen LogP contribution is 2.19. The van der Waals surface area contributed by atoms with Crippen molar-refractivity contribution in [3.05, 3.63) is 65.2 Å². The van der Waals surface area contributed by atoms with Crippen LogP contribution < -0.4 is 10.0 Å². The maximum Gasteiger partial charge on any atom is 0.240 e. The maximum atomic E-state index is 11.9. The summed E-state index contributed by atoms with van der Waals surface area (Å²) in [5.41, 5.74) is 2.81. The van der Waals surface area contributed by atoms with Crippen LogP contribution in [0.5, 0.6) is 0 Å². The lowest BCUT2D eigenvalue weighted by Gasteiger charge is -2.18. The van der Waals surface area contributed by atoms with Gasteiger partial charge in [-0.05, 0) is 44.2 Å². The highest BCUT2D eigenvalue weighted by molar-refractivity contribution is 7.89. The summed E-state index contributed by atoms with van der Waals surface area (Å²) in [6.45, 7) is 4.31. The minimum atomic E-state index is -3.46. The van der Waals surface area contributed by atoms with Gasteiger partial charge in [0.15, 0.2) is 0 Å². The van der Waals surface area contributed by atoms with Gasteiger partial charge in [0.05, 0.1) is 11.0 Å². The normalized spacial score (nSPS) is 14.3. The lowest BCUT2D eigenvalue weighted by molar-refractivity contribution is 0.170. The number of hydrogen-bond donors (Lipinski definition) is 3. The van der Waals surface area contributed by atoms with Crippen LogP contribution in [0.4, 0.5) is 0 Å². The van der Waals surface area contributed by atoms with Crippen LogP contribution in [0.2, 0.25) is 0 Å². The molecule has 2 aromatic rings. The van der Waals surface area contributed by atoms with Crippen LogP contribution in [0.3, 0.4) is 0 Å². The topological polar surface area (TPSA) is 78.4 Å². The Kier molecular flexibility index (Phi) is 6.12. The molecule has 0 radical (unpaired) electrons. The Morgan fingerprint density at radius 2 is 1.75 bits per heavy atom. The molecule has 0 aliphatic carbocycles. The molecule has 0 aliphatic rings. The van der Waals surface area contributed by atoms with Crippen LogP contribution in [-0.4, -0.2) is 27.1 Å². The first kappa shape index (κ1) is 18.6. The van der Waals surface area contributed by atoms with Crippen LogP contribution in [0, 0.1) is 6.92 Å². The molecule has 5 nitrogen and oxygen atoms in total. The lowest BCUT2D eigenvalue weighted by atomic mass is 10.1. The molecular weight excluding hydrogens is 324 g/mol. The van der Waals surface area contributed by atoms with Crippen LogP contribution in [0.1, 0.15) is 35.8 Å². The first-order valence-corrected chi connectivity index (χ1v) is 9.33. The Balaban J connectivity index is 2.05. The Morgan fingerprint density at radius 3 is 2.42 bits per heavy atom. The van der Waals surface area contributed by atoms with Crippen molar-refractivity contribution in [2.45, 2.75) is 30.9 Å². The van der Waals surface area contributed by atoms with E-state index in [2.05, 4.69) is 10.0 Å². The number of rotatable bonds is 7. The SMILES string of the molecule is CNS(=O)(=O)c1cccc(C(C)NCC(O)c2cccc(C)c2)c1. The summed E-state index contributed by atoms with van der Waals surface area (Å²) in [7, 11) is -2.07. The molecule has 0 amide bonds. The zero-order valence-corrected chi connectivity index (χ0v) is 15.0. The molecule has 0 saturated carbocycles. The van der Waals surface area contributed by atoms with Gasteiger partial charge in [0, 0.05) is 12.6 Å². The van der Waals surface area contributed by atoms with Crippen molar-refractivity contribution >= 4 is 10.0 Å². The number of aryl methyl sites for hydroxylation is 1. The molecule has 24 heavy (non-hydrogen) atoms. The van der Waals surface area contributed by atoms with Gasteiger partial charge in [0.1, 0.15) is 0 Å². The number of aliphatic hydroxyl groups is 1. The molecule has 0 saturated heterocycles. The lowest BCUT2D eigenvalue weighted by Crippen LogP contribution is -2.25. The molecule has 2 rings (SSSR count). The van der Waals surface area contributed by atoms with E-state index in [1.54, 1.807) is 18.2 Å². The Morgan fingerprint density at radius 1 is 1.08 bits per heavy atom. The van der Waals surface area contributed by atoms with Crippen molar-refractivity contribution in [1.82, 2.24) is 10.0 Å². The van der Waals surface area contributed by atoms with E-state index in [9.17, 15) is 13.5 Å². The summed E-state index contributed by atoms with van der Waals surface area (Å²) in [5.74, 6) is 0. The van der Waals surface area contributed by atoms with E-state index in [4.69, 9.17) is 0 Å². The highest BCUT2D eigenvalue weighted by atomic mass is 32.2. The second kappa shape index (κ2) is 7.90. The molecule has 2 atom stereocenters. The number of nitrogens with one attached hydrogen (secondary N) is 2. The average Bonchev–Trinajstić information content (AvgIpc) is 2.59. The Hall–Kier alpha value is -1.73. The molecule has 0 spiro atoms. The zero-order chi connectivity index (χ0) is 17.7. The maximum absolute atomic E-state index is 11.9. The van der Waals surface area contributed by atoms with E-state index in [0.717, 1.165) is 16.7 Å². The third-order valence-corrected chi connectivity index (χ3v) is 5.39. The monoisotopic (exact) mass is 348 g/mol. The van der Waals surface area contributed by atoms with Crippen molar-refractivity contribution in [2.24, 2.45) is 0 Å². The Bertz CT molecular complexity index is 790. The van der Waals surface area contributed by atoms with Gasteiger partial charge < -0.3 is 10.4 Å². The van der Waals surface area contributed by atoms with Crippen LogP contribution in [0.25, 0.3) is 0 Å². The van der Waals surface area contributed by atoms with E-state index in [-0.39, 0.29) is 10.9 Å². The predicted octanol–water partition coefficient (Wildman–Crippen LogP) is 2.29. The average molecular weight is 348 g/mol. The summed E-state index contributed by atoms with van der Waals surface area (Å²) in [6, 6.07) is 14.5. The zero-order valence-electron chi connectivity index (χ0n) is 14.2. The minimum Gasteiger partial charge on any atom is -0.387 e. The largest absolute Gasteiger partial charge is 0.387 e. The van der Waals surface area contributed by atoms with Crippen molar-refractivity contribution in [1.29, 1.82) is 0 Å². The molecular formula is C18H24N2O3S. The van der Waals surface area contributed by atoms with Crippen molar-refractivity contribution < 1.29 is 13.5 Å². The number of sulfonamides is 1. The fourth-order valence-electron chi connectivity index (χ4n) is 2.47. The summed E-state index contributed by atoms with van der Waals surface area (Å²) in [5, 5.41) is 13.5. The van der Waals surface area contributed by atoms with E-state index in [1.165, 1.54) is 7.05 Å². The van der Waals surface area contributed by atoms with Gasteiger partial charge in [0.25, 0.3) is 0 Å². The smallest absolute Gasteiger partial charge is 0.240 e. The third-order valence-electron chi connectivity index (χ3n) is 3.98. The second-order valence-electron chi connectivity index (χ2n) is 5.84. The van der Waals surface area contributed by atoms with Gasteiger partial charge in [-0.3, -0.25) is 0 Å². The van der Waals surface area contributed by atoms with Crippen molar-refractivity contribution in [3.8, 4) is 0 Å². The molecule has 130 valence electrons. The molecule has 0 aliphatic heterocycles. The van der Waals surface area contributed by atoms with Gasteiger partial charge in [-0.1, -0.05) is 42.0 Å². The van der Waals surface area contributed by atoms with Crippen LogP contribution in [-0.2, 0) is 10.0 Å². The summed E-state index contributed by atoms with van der Waals surface area (Å²) in [4.78, 5) is 0.232. The standard InChI is InChI=1S/C18H24N2O3S/c1-13-6-4-8-16(10-13)18(21)12-20-14(2)15-7-5-9-17(11-15)24(22,23)19-3/h4-11,14,18-21H,12H2,1-3H3. The molecule has 0 bridgehead atoms. The van der Waals surface area contributed by atoms with Gasteiger partial charge in [-0.2, -0.15) is 0 Å². The first-order chi connectivity index (χ1) is 11.3. The molecule has 2 unspecified atom stereocenters. The van der Waals surface area contributed by atoms with Crippen LogP contribution in [0.15, 0.2) is 53.4 Å². The molecule has 0 heterocycles. The van der Waals surface area contributed by atoms with Gasteiger partial charge in [0.2, 0.25) is 10.0 Å². The molecule has 0 fully saturated rings. The number of hydrogen-bond acceptors (Lipinski definition) is 4. The first-order valence-electron chi connectivity index (χ1n) is 7.85. The quantitative estimate of drug-likeness (QED) is 0.717. The number of benzene rings is 2. The fraction of sp³-hybridized carbons (Fsp3) is 0.333. The minimum absolute atomic E-state index is 0.0866. The number of aliphatic hydroxyl groups excluding tert-OH is 1. The predicted molar refractivity (Wildman–Crippen MR) is 95.2 cm³/mol. The van der Waals surface area contributed by atoms with E-state index < -0.39 is 16.1 Å². The van der Waals surface area contributed by atoms with Crippen molar-refractivity contribution in [2.75, 3.05) is 13.6 Å². The Labute approximate surface area is 143 Å². The van der Waals surface area contributed by atoms with E-state index >= 15 is 0 Å².